The van der Waals surface area contributed by atoms with Crippen LogP contribution in [0.2, 0.25) is 15.1 Å². The Balaban J connectivity index is 1.48. The number of imide groups is 1. The van der Waals surface area contributed by atoms with Crippen molar-refractivity contribution in [2.75, 3.05) is 19.0 Å². The van der Waals surface area contributed by atoms with Crippen LogP contribution in [0.25, 0.3) is 6.08 Å². The second-order valence-electron chi connectivity index (χ2n) is 7.74. The van der Waals surface area contributed by atoms with Crippen molar-refractivity contribution in [1.82, 2.24) is 4.90 Å². The van der Waals surface area contributed by atoms with Gasteiger partial charge >= 0.3 is 0 Å². The molecular formula is C26H19Cl3N2O5S. The third-order valence-electron chi connectivity index (χ3n) is 5.17. The van der Waals surface area contributed by atoms with Gasteiger partial charge in [0.05, 0.1) is 23.6 Å². The second-order valence-corrected chi connectivity index (χ2v) is 9.98. The molecule has 7 nitrogen and oxygen atoms in total. The van der Waals surface area contributed by atoms with Gasteiger partial charge in [-0.15, -0.1) is 0 Å². The van der Waals surface area contributed by atoms with E-state index in [1.165, 1.54) is 13.2 Å². The smallest absolute Gasteiger partial charge is 0.293 e. The number of rotatable bonds is 8. The maximum Gasteiger partial charge on any atom is 0.293 e. The fourth-order valence-corrected chi connectivity index (χ4v) is 5.01. The number of hydrogen-bond acceptors (Lipinski definition) is 6. The first-order valence-corrected chi connectivity index (χ1v) is 12.7. The first-order valence-electron chi connectivity index (χ1n) is 10.8. The summed E-state index contributed by atoms with van der Waals surface area (Å²) in [5.74, 6) is -0.398. The monoisotopic (exact) mass is 576 g/mol. The van der Waals surface area contributed by atoms with Crippen molar-refractivity contribution in [3.8, 4) is 11.5 Å². The van der Waals surface area contributed by atoms with E-state index in [0.717, 1.165) is 16.7 Å². The number of carbonyl (C=O) groups is 3. The highest BCUT2D eigenvalue weighted by molar-refractivity contribution is 8.18. The van der Waals surface area contributed by atoms with Crippen LogP contribution in [0.15, 0.2) is 65.6 Å². The lowest BCUT2D eigenvalue weighted by Crippen LogP contribution is -2.27. The van der Waals surface area contributed by atoms with E-state index in [1.54, 1.807) is 54.6 Å². The van der Waals surface area contributed by atoms with Crippen molar-refractivity contribution in [2.45, 2.75) is 6.54 Å². The lowest BCUT2D eigenvalue weighted by Gasteiger charge is -2.14. The quantitative estimate of drug-likeness (QED) is 0.293. The fraction of sp³-hybridized carbons (Fsp3) is 0.115. The Hall–Kier alpha value is -3.17. The molecule has 1 heterocycles. The molecule has 0 unspecified atom stereocenters. The van der Waals surface area contributed by atoms with Gasteiger partial charge < -0.3 is 14.8 Å². The number of anilines is 1. The number of nitrogens with zero attached hydrogens (tertiary/aromatic N) is 1. The standard InChI is InChI=1S/C26H19Cl3N2O5S/c1-35-21-10-15(9-20(29)24(21)36-14-23(32)30-18-5-3-2-4-6-18)11-22-25(33)31(26(34)37-22)13-16-7-8-17(27)12-19(16)28/h2-12H,13-14H2,1H3,(H,30,32)/b22-11-. The van der Waals surface area contributed by atoms with Gasteiger partial charge in [0, 0.05) is 15.7 Å². The highest BCUT2D eigenvalue weighted by atomic mass is 35.5. The molecule has 0 atom stereocenters. The van der Waals surface area contributed by atoms with Crippen LogP contribution >= 0.6 is 46.6 Å². The largest absolute Gasteiger partial charge is 0.493 e. The molecule has 190 valence electrons. The van der Waals surface area contributed by atoms with E-state index in [-0.39, 0.29) is 40.5 Å². The molecule has 1 fully saturated rings. The first kappa shape index (κ1) is 26.9. The second kappa shape index (κ2) is 11.9. The Morgan fingerprint density at radius 1 is 1.03 bits per heavy atom. The number of thioether (sulfide) groups is 1. The molecule has 1 aliphatic rings. The summed E-state index contributed by atoms with van der Waals surface area (Å²) in [6, 6.07) is 17.0. The molecule has 0 saturated carbocycles. The Kier molecular flexibility index (Phi) is 8.66. The maximum atomic E-state index is 13.0. The zero-order chi connectivity index (χ0) is 26.5. The van der Waals surface area contributed by atoms with Crippen LogP contribution in [0.5, 0.6) is 11.5 Å². The Morgan fingerprint density at radius 3 is 2.49 bits per heavy atom. The highest BCUT2D eigenvalue weighted by Crippen LogP contribution is 2.39. The number of methoxy groups -OCH3 is 1. The molecule has 11 heteroatoms. The number of nitrogens with one attached hydrogen (secondary N) is 1. The summed E-state index contributed by atoms with van der Waals surface area (Å²) in [5, 5.41) is 3.28. The normalized spacial score (nSPS) is 14.3. The predicted molar refractivity (Wildman–Crippen MR) is 147 cm³/mol. The zero-order valence-electron chi connectivity index (χ0n) is 19.3. The maximum absolute atomic E-state index is 13.0. The van der Waals surface area contributed by atoms with Crippen LogP contribution in [0, 0.1) is 0 Å². The third-order valence-corrected chi connectivity index (χ3v) is 6.95. The minimum atomic E-state index is -0.464. The van der Waals surface area contributed by atoms with Crippen LogP contribution in [0.1, 0.15) is 11.1 Å². The summed E-state index contributed by atoms with van der Waals surface area (Å²) in [6.07, 6.45) is 1.54. The van der Waals surface area contributed by atoms with Crippen molar-refractivity contribution < 1.29 is 23.9 Å². The molecule has 1 N–H and O–H groups in total. The van der Waals surface area contributed by atoms with Crippen LogP contribution < -0.4 is 14.8 Å². The summed E-state index contributed by atoms with van der Waals surface area (Å²) in [6.45, 7) is -0.281. The van der Waals surface area contributed by atoms with Gasteiger partial charge in [0.25, 0.3) is 17.1 Å². The van der Waals surface area contributed by atoms with E-state index < -0.39 is 11.1 Å². The van der Waals surface area contributed by atoms with Gasteiger partial charge in [0.15, 0.2) is 18.1 Å². The molecule has 0 bridgehead atoms. The lowest BCUT2D eigenvalue weighted by molar-refractivity contribution is -0.123. The van der Waals surface area contributed by atoms with E-state index in [1.807, 2.05) is 6.07 Å². The van der Waals surface area contributed by atoms with Crippen LogP contribution in [0.4, 0.5) is 10.5 Å². The van der Waals surface area contributed by atoms with Gasteiger partial charge in [-0.1, -0.05) is 59.1 Å². The molecule has 0 spiro atoms. The molecule has 4 rings (SSSR count). The Morgan fingerprint density at radius 2 is 1.78 bits per heavy atom. The number of benzene rings is 3. The van der Waals surface area contributed by atoms with Crippen LogP contribution in [0.3, 0.4) is 0 Å². The molecule has 0 aromatic heterocycles. The Bertz CT molecular complexity index is 1400. The number of amides is 3. The number of halogens is 3. The average Bonchev–Trinajstić information content (AvgIpc) is 3.12. The van der Waals surface area contributed by atoms with E-state index >= 15 is 0 Å². The first-order chi connectivity index (χ1) is 17.7. The minimum Gasteiger partial charge on any atom is -0.493 e. The average molecular weight is 578 g/mol. The topological polar surface area (TPSA) is 84.9 Å². The number of hydrogen-bond donors (Lipinski definition) is 1. The molecule has 0 aliphatic carbocycles. The summed E-state index contributed by atoms with van der Waals surface area (Å²) < 4.78 is 11.0. The molecule has 3 aromatic rings. The molecule has 1 saturated heterocycles. The number of ether oxygens (including phenoxy) is 2. The fourth-order valence-electron chi connectivity index (χ4n) is 3.43. The van der Waals surface area contributed by atoms with Crippen molar-refractivity contribution in [1.29, 1.82) is 0 Å². The van der Waals surface area contributed by atoms with Gasteiger partial charge in [-0.25, -0.2) is 0 Å². The van der Waals surface area contributed by atoms with Gasteiger partial charge in [-0.05, 0) is 65.4 Å². The predicted octanol–water partition coefficient (Wildman–Crippen LogP) is 6.91. The van der Waals surface area contributed by atoms with Gasteiger partial charge in [0.2, 0.25) is 0 Å². The van der Waals surface area contributed by atoms with Crippen molar-refractivity contribution in [3.63, 3.8) is 0 Å². The summed E-state index contributed by atoms with van der Waals surface area (Å²) in [4.78, 5) is 39.0. The van der Waals surface area contributed by atoms with Crippen molar-refractivity contribution in [2.24, 2.45) is 0 Å². The molecule has 1 aliphatic heterocycles. The van der Waals surface area contributed by atoms with Gasteiger partial charge in [0.1, 0.15) is 0 Å². The zero-order valence-corrected chi connectivity index (χ0v) is 22.4. The molecule has 3 aromatic carbocycles. The van der Waals surface area contributed by atoms with E-state index in [4.69, 9.17) is 44.3 Å². The molecular weight excluding hydrogens is 559 g/mol. The van der Waals surface area contributed by atoms with E-state index in [9.17, 15) is 14.4 Å². The van der Waals surface area contributed by atoms with Crippen LogP contribution in [-0.4, -0.2) is 35.7 Å². The number of carbonyl (C=O) groups excluding carboxylic acids is 3. The minimum absolute atomic E-state index is 0.0138. The molecule has 37 heavy (non-hydrogen) atoms. The molecule has 3 amide bonds. The third kappa shape index (κ3) is 6.59. The Labute approximate surface area is 232 Å². The van der Waals surface area contributed by atoms with E-state index in [2.05, 4.69) is 5.32 Å². The summed E-state index contributed by atoms with van der Waals surface area (Å²) in [5.41, 5.74) is 1.74. The molecule has 0 radical (unpaired) electrons. The SMILES string of the molecule is COc1cc(/C=C2\SC(=O)N(Cc3ccc(Cl)cc3Cl)C2=O)cc(Cl)c1OCC(=O)Nc1ccccc1. The van der Waals surface area contributed by atoms with Crippen LogP contribution in [-0.2, 0) is 16.1 Å². The van der Waals surface area contributed by atoms with E-state index in [0.29, 0.717) is 26.9 Å². The number of para-hydroxylation sites is 1. The lowest BCUT2D eigenvalue weighted by atomic mass is 10.1. The van der Waals surface area contributed by atoms with Gasteiger partial charge in [-0.2, -0.15) is 0 Å². The summed E-state index contributed by atoms with van der Waals surface area (Å²) >= 11 is 19.3. The highest BCUT2D eigenvalue weighted by Gasteiger charge is 2.35. The summed E-state index contributed by atoms with van der Waals surface area (Å²) in [7, 11) is 1.43. The van der Waals surface area contributed by atoms with Crippen molar-refractivity contribution >= 4 is 75.4 Å². The van der Waals surface area contributed by atoms with Gasteiger partial charge in [-0.3, -0.25) is 19.3 Å². The van der Waals surface area contributed by atoms with Crippen molar-refractivity contribution in [3.05, 3.63) is 91.8 Å².